The van der Waals surface area contributed by atoms with Crippen molar-refractivity contribution in [3.63, 3.8) is 0 Å². The predicted octanol–water partition coefficient (Wildman–Crippen LogP) is 8.09. The van der Waals surface area contributed by atoms with Crippen LogP contribution in [0.4, 0.5) is 5.69 Å². The zero-order valence-corrected chi connectivity index (χ0v) is 20.2. The zero-order valence-electron chi connectivity index (χ0n) is 20.2. The van der Waals surface area contributed by atoms with Gasteiger partial charge in [-0.2, -0.15) is 0 Å². The maximum Gasteiger partial charge on any atom is 0.161 e. The minimum atomic E-state index is 0.475. The van der Waals surface area contributed by atoms with E-state index in [0.717, 1.165) is 51.9 Å². The standard InChI is InChI=1S/C30H35NO2/c1-5-20(3)18-32-27-16-15-22(17-28(27)33-19-21(4)6-2)29-25-13-9-7-11-23(25)24-12-8-10-14-26(24)30(29)31/h7-17,20-21H,5-6,18-19,31H2,1-4H3. The number of nitrogens with two attached hydrogens (primary N) is 1. The molecule has 0 radical (unpaired) electrons. The Morgan fingerprint density at radius 2 is 1.18 bits per heavy atom. The van der Waals surface area contributed by atoms with Crippen molar-refractivity contribution in [1.82, 2.24) is 0 Å². The predicted molar refractivity (Wildman–Crippen MR) is 141 cm³/mol. The first kappa shape index (κ1) is 23.0. The Morgan fingerprint density at radius 1 is 0.667 bits per heavy atom. The molecule has 0 aromatic heterocycles. The second kappa shape index (κ2) is 10.2. The molecule has 2 atom stereocenters. The third-order valence-electron chi connectivity index (χ3n) is 6.65. The van der Waals surface area contributed by atoms with E-state index in [0.29, 0.717) is 25.0 Å². The van der Waals surface area contributed by atoms with Crippen molar-refractivity contribution in [2.24, 2.45) is 11.8 Å². The second-order valence-corrected chi connectivity index (χ2v) is 9.19. The molecule has 3 heteroatoms. The summed E-state index contributed by atoms with van der Waals surface area (Å²) in [5, 5.41) is 4.60. The topological polar surface area (TPSA) is 44.5 Å². The lowest BCUT2D eigenvalue weighted by molar-refractivity contribution is 0.218. The highest BCUT2D eigenvalue weighted by Gasteiger charge is 2.17. The molecule has 2 N–H and O–H groups in total. The molecule has 0 spiro atoms. The van der Waals surface area contributed by atoms with Crippen molar-refractivity contribution < 1.29 is 9.47 Å². The summed E-state index contributed by atoms with van der Waals surface area (Å²) in [5.41, 5.74) is 9.68. The van der Waals surface area contributed by atoms with Crippen LogP contribution in [-0.4, -0.2) is 13.2 Å². The second-order valence-electron chi connectivity index (χ2n) is 9.19. The van der Waals surface area contributed by atoms with Crippen LogP contribution in [0.1, 0.15) is 40.5 Å². The molecular formula is C30H35NO2. The van der Waals surface area contributed by atoms with Gasteiger partial charge in [0.1, 0.15) is 0 Å². The van der Waals surface area contributed by atoms with Crippen molar-refractivity contribution >= 4 is 27.2 Å². The van der Waals surface area contributed by atoms with Gasteiger partial charge >= 0.3 is 0 Å². The van der Waals surface area contributed by atoms with E-state index in [2.05, 4.69) is 82.3 Å². The highest BCUT2D eigenvalue weighted by Crippen LogP contribution is 2.43. The molecule has 0 saturated carbocycles. The minimum Gasteiger partial charge on any atom is -0.489 e. The summed E-state index contributed by atoms with van der Waals surface area (Å²) in [6.45, 7) is 10.1. The number of ether oxygens (including phenoxy) is 2. The molecule has 3 nitrogen and oxygen atoms in total. The Balaban J connectivity index is 1.85. The van der Waals surface area contributed by atoms with Crippen molar-refractivity contribution in [2.45, 2.75) is 40.5 Å². The molecule has 0 heterocycles. The van der Waals surface area contributed by atoms with E-state index < -0.39 is 0 Å². The Bertz CT molecular complexity index is 1250. The van der Waals surface area contributed by atoms with E-state index >= 15 is 0 Å². The molecule has 0 amide bonds. The SMILES string of the molecule is CCC(C)COc1ccc(-c2c(N)c3ccccc3c3ccccc23)cc1OCC(C)CC. The Morgan fingerprint density at radius 3 is 1.79 bits per heavy atom. The molecule has 0 saturated heterocycles. The molecule has 0 aliphatic rings. The smallest absolute Gasteiger partial charge is 0.161 e. The number of rotatable bonds is 9. The number of hydrogen-bond donors (Lipinski definition) is 1. The van der Waals surface area contributed by atoms with Gasteiger partial charge in [-0.1, -0.05) is 95.1 Å². The fourth-order valence-corrected chi connectivity index (χ4v) is 4.07. The summed E-state index contributed by atoms with van der Waals surface area (Å²) in [4.78, 5) is 0. The van der Waals surface area contributed by atoms with Crippen LogP contribution >= 0.6 is 0 Å². The summed E-state index contributed by atoms with van der Waals surface area (Å²) >= 11 is 0. The van der Waals surface area contributed by atoms with Gasteiger partial charge in [-0.25, -0.2) is 0 Å². The van der Waals surface area contributed by atoms with Gasteiger partial charge in [0.05, 0.1) is 13.2 Å². The molecule has 0 aliphatic carbocycles. The Hall–Kier alpha value is -3.20. The van der Waals surface area contributed by atoms with Crippen LogP contribution < -0.4 is 15.2 Å². The van der Waals surface area contributed by atoms with Gasteiger partial charge in [0.2, 0.25) is 0 Å². The first-order valence-electron chi connectivity index (χ1n) is 12.1. The zero-order chi connectivity index (χ0) is 23.4. The van der Waals surface area contributed by atoms with Gasteiger partial charge in [0.25, 0.3) is 0 Å². The molecule has 0 fully saturated rings. The van der Waals surface area contributed by atoms with E-state index in [4.69, 9.17) is 15.2 Å². The number of nitrogen functional groups attached to an aromatic ring is 1. The first-order chi connectivity index (χ1) is 16.0. The largest absolute Gasteiger partial charge is 0.489 e. The fourth-order valence-electron chi connectivity index (χ4n) is 4.07. The molecule has 0 bridgehead atoms. The highest BCUT2D eigenvalue weighted by atomic mass is 16.5. The summed E-state index contributed by atoms with van der Waals surface area (Å²) < 4.78 is 12.5. The molecule has 4 aromatic carbocycles. The first-order valence-corrected chi connectivity index (χ1v) is 12.1. The number of benzene rings is 4. The van der Waals surface area contributed by atoms with Gasteiger partial charge in [0.15, 0.2) is 11.5 Å². The van der Waals surface area contributed by atoms with Crippen LogP contribution in [-0.2, 0) is 0 Å². The van der Waals surface area contributed by atoms with E-state index in [-0.39, 0.29) is 0 Å². The number of hydrogen-bond acceptors (Lipinski definition) is 3. The van der Waals surface area contributed by atoms with Gasteiger partial charge < -0.3 is 15.2 Å². The third kappa shape index (κ3) is 4.78. The lowest BCUT2D eigenvalue weighted by atomic mass is 9.91. The average molecular weight is 442 g/mol. The van der Waals surface area contributed by atoms with Gasteiger partial charge in [-0.05, 0) is 45.7 Å². The van der Waals surface area contributed by atoms with Crippen molar-refractivity contribution in [2.75, 3.05) is 18.9 Å². The quantitative estimate of drug-likeness (QED) is 0.211. The van der Waals surface area contributed by atoms with Crippen molar-refractivity contribution in [3.05, 3.63) is 66.7 Å². The maximum absolute atomic E-state index is 6.79. The molecular weight excluding hydrogens is 406 g/mol. The monoisotopic (exact) mass is 441 g/mol. The van der Waals surface area contributed by atoms with E-state index in [1.165, 1.54) is 10.8 Å². The van der Waals surface area contributed by atoms with Crippen molar-refractivity contribution in [3.8, 4) is 22.6 Å². The van der Waals surface area contributed by atoms with E-state index in [1.807, 2.05) is 12.1 Å². The van der Waals surface area contributed by atoms with Gasteiger partial charge in [-0.15, -0.1) is 0 Å². The Labute approximate surface area is 197 Å². The summed E-state index contributed by atoms with van der Waals surface area (Å²) in [6, 6.07) is 23.1. The summed E-state index contributed by atoms with van der Waals surface area (Å²) in [5.74, 6) is 2.55. The molecule has 4 aromatic rings. The van der Waals surface area contributed by atoms with Gasteiger partial charge in [0, 0.05) is 16.6 Å². The van der Waals surface area contributed by atoms with Crippen LogP contribution in [0, 0.1) is 11.8 Å². The van der Waals surface area contributed by atoms with Gasteiger partial charge in [-0.3, -0.25) is 0 Å². The Kier molecular flexibility index (Phi) is 7.08. The average Bonchev–Trinajstić information content (AvgIpc) is 2.86. The molecule has 33 heavy (non-hydrogen) atoms. The van der Waals surface area contributed by atoms with Crippen LogP contribution in [0.25, 0.3) is 32.7 Å². The summed E-state index contributed by atoms with van der Waals surface area (Å²) in [6.07, 6.45) is 2.16. The molecule has 4 rings (SSSR count). The van der Waals surface area contributed by atoms with Crippen molar-refractivity contribution in [1.29, 1.82) is 0 Å². The fraction of sp³-hybridized carbons (Fsp3) is 0.333. The van der Waals surface area contributed by atoms with E-state index in [1.54, 1.807) is 0 Å². The summed E-state index contributed by atoms with van der Waals surface area (Å²) in [7, 11) is 0. The molecule has 2 unspecified atom stereocenters. The molecule has 172 valence electrons. The van der Waals surface area contributed by atoms with Crippen LogP contribution in [0.5, 0.6) is 11.5 Å². The molecule has 0 aliphatic heterocycles. The lowest BCUT2D eigenvalue weighted by Gasteiger charge is -2.19. The highest BCUT2D eigenvalue weighted by molar-refractivity contribution is 6.20. The van der Waals surface area contributed by atoms with E-state index in [9.17, 15) is 0 Å². The lowest BCUT2D eigenvalue weighted by Crippen LogP contribution is -2.11. The normalized spacial score (nSPS) is 13.2. The van der Waals surface area contributed by atoms with Crippen LogP contribution in [0.15, 0.2) is 66.7 Å². The maximum atomic E-state index is 6.79. The third-order valence-corrected chi connectivity index (χ3v) is 6.65. The number of anilines is 1. The van der Waals surface area contributed by atoms with Crippen LogP contribution in [0.2, 0.25) is 0 Å². The van der Waals surface area contributed by atoms with Crippen LogP contribution in [0.3, 0.4) is 0 Å². The minimum absolute atomic E-state index is 0.475. The number of fused-ring (bicyclic) bond motifs is 3.